The molecule has 0 bridgehead atoms. The number of nitrogens with zero attached hydrogens (tertiary/aromatic N) is 1. The van der Waals surface area contributed by atoms with Gasteiger partial charge in [0, 0.05) is 23.2 Å². The van der Waals surface area contributed by atoms with E-state index in [4.69, 9.17) is 5.11 Å². The second-order valence-corrected chi connectivity index (χ2v) is 3.35. The Morgan fingerprint density at radius 3 is 2.21 bits per heavy atom. The molecule has 3 heteroatoms. The fourth-order valence-corrected chi connectivity index (χ4v) is 1.88. The highest BCUT2D eigenvalue weighted by Crippen LogP contribution is 2.24. The maximum atomic E-state index is 10.8. The standard InChI is InChI=1S/C11H7NO2/c13-11(14)9-5-7-1-3-12-4-2-8(6-9)10(7)12/h1-6H,(H,13,14). The maximum absolute atomic E-state index is 10.8. The van der Waals surface area contributed by atoms with Gasteiger partial charge in [-0.2, -0.15) is 0 Å². The van der Waals surface area contributed by atoms with Crippen LogP contribution >= 0.6 is 0 Å². The summed E-state index contributed by atoms with van der Waals surface area (Å²) in [6, 6.07) is 7.25. The summed E-state index contributed by atoms with van der Waals surface area (Å²) in [5, 5.41) is 10.8. The molecule has 0 spiro atoms. The molecule has 0 aliphatic carbocycles. The van der Waals surface area contributed by atoms with Gasteiger partial charge in [-0.1, -0.05) is 0 Å². The van der Waals surface area contributed by atoms with Gasteiger partial charge in [-0.15, -0.1) is 0 Å². The average molecular weight is 185 g/mol. The molecule has 0 unspecified atom stereocenters. The van der Waals surface area contributed by atoms with Crippen molar-refractivity contribution in [1.29, 1.82) is 0 Å². The Bertz CT molecular complexity index is 580. The van der Waals surface area contributed by atoms with Gasteiger partial charge in [-0.05, 0) is 24.3 Å². The summed E-state index contributed by atoms with van der Waals surface area (Å²) in [6.07, 6.45) is 3.87. The molecule has 0 aliphatic heterocycles. The van der Waals surface area contributed by atoms with Crippen molar-refractivity contribution in [2.75, 3.05) is 0 Å². The van der Waals surface area contributed by atoms with E-state index < -0.39 is 5.97 Å². The molecule has 0 saturated carbocycles. The highest BCUT2D eigenvalue weighted by molar-refractivity contribution is 6.03. The highest BCUT2D eigenvalue weighted by atomic mass is 16.4. The predicted molar refractivity (Wildman–Crippen MR) is 53.0 cm³/mol. The van der Waals surface area contributed by atoms with Crippen LogP contribution in [0.15, 0.2) is 36.7 Å². The third-order valence-corrected chi connectivity index (χ3v) is 2.50. The minimum absolute atomic E-state index is 0.344. The van der Waals surface area contributed by atoms with Gasteiger partial charge in [0.1, 0.15) is 0 Å². The normalized spacial score (nSPS) is 11.4. The second kappa shape index (κ2) is 2.26. The van der Waals surface area contributed by atoms with Crippen molar-refractivity contribution < 1.29 is 9.90 Å². The minimum atomic E-state index is -0.879. The lowest BCUT2D eigenvalue weighted by Gasteiger charge is -1.96. The first kappa shape index (κ1) is 7.38. The van der Waals surface area contributed by atoms with Crippen molar-refractivity contribution in [3.8, 4) is 0 Å². The Morgan fingerprint density at radius 1 is 1.14 bits per heavy atom. The first-order valence-corrected chi connectivity index (χ1v) is 4.32. The highest BCUT2D eigenvalue weighted by Gasteiger charge is 2.09. The molecule has 3 aromatic rings. The zero-order chi connectivity index (χ0) is 9.71. The number of aromatic carboxylic acids is 1. The number of aromatic nitrogens is 1. The molecule has 0 amide bonds. The third kappa shape index (κ3) is 0.785. The largest absolute Gasteiger partial charge is 0.478 e. The maximum Gasteiger partial charge on any atom is 0.335 e. The monoisotopic (exact) mass is 185 g/mol. The number of hydrogen-bond donors (Lipinski definition) is 1. The van der Waals surface area contributed by atoms with E-state index in [2.05, 4.69) is 0 Å². The van der Waals surface area contributed by atoms with Crippen molar-refractivity contribution in [3.05, 3.63) is 42.2 Å². The molecule has 1 N–H and O–H groups in total. The molecule has 3 rings (SSSR count). The van der Waals surface area contributed by atoms with Crippen LogP contribution in [0, 0.1) is 0 Å². The lowest BCUT2D eigenvalue weighted by atomic mass is 10.1. The summed E-state index contributed by atoms with van der Waals surface area (Å²) in [5.41, 5.74) is 1.44. The fourth-order valence-electron chi connectivity index (χ4n) is 1.88. The number of carboxylic acid groups (broad SMARTS) is 1. The SMILES string of the molecule is O=C(O)c1cc2ccn3ccc(c1)c23. The van der Waals surface area contributed by atoms with Crippen molar-refractivity contribution in [2.24, 2.45) is 0 Å². The van der Waals surface area contributed by atoms with Gasteiger partial charge in [0.25, 0.3) is 0 Å². The van der Waals surface area contributed by atoms with Gasteiger partial charge in [-0.25, -0.2) is 4.79 Å². The van der Waals surface area contributed by atoms with E-state index >= 15 is 0 Å². The Labute approximate surface area is 79.5 Å². The molecule has 0 fully saturated rings. The molecule has 0 saturated heterocycles. The van der Waals surface area contributed by atoms with Crippen molar-refractivity contribution in [2.45, 2.75) is 0 Å². The van der Waals surface area contributed by atoms with E-state index in [0.29, 0.717) is 5.56 Å². The Balaban J connectivity index is 2.51. The zero-order valence-corrected chi connectivity index (χ0v) is 7.27. The third-order valence-electron chi connectivity index (χ3n) is 2.50. The minimum Gasteiger partial charge on any atom is -0.478 e. The van der Waals surface area contributed by atoms with E-state index in [0.717, 1.165) is 16.3 Å². The lowest BCUT2D eigenvalue weighted by Crippen LogP contribution is -1.94. The fraction of sp³-hybridized carbons (Fsp3) is 0. The van der Waals surface area contributed by atoms with E-state index in [1.807, 2.05) is 28.9 Å². The summed E-state index contributed by atoms with van der Waals surface area (Å²) in [7, 11) is 0. The van der Waals surface area contributed by atoms with Crippen LogP contribution in [-0.2, 0) is 0 Å². The molecule has 2 aromatic heterocycles. The van der Waals surface area contributed by atoms with Crippen LogP contribution in [0.4, 0.5) is 0 Å². The van der Waals surface area contributed by atoms with Crippen LogP contribution in [0.3, 0.4) is 0 Å². The summed E-state index contributed by atoms with van der Waals surface area (Å²) >= 11 is 0. The molecule has 0 radical (unpaired) electrons. The first-order valence-electron chi connectivity index (χ1n) is 4.32. The average Bonchev–Trinajstić information content (AvgIpc) is 2.74. The van der Waals surface area contributed by atoms with Crippen LogP contribution in [0.25, 0.3) is 16.3 Å². The van der Waals surface area contributed by atoms with Gasteiger partial charge >= 0.3 is 5.97 Å². The Morgan fingerprint density at radius 2 is 1.71 bits per heavy atom. The van der Waals surface area contributed by atoms with Crippen LogP contribution in [0.1, 0.15) is 10.4 Å². The number of hydrogen-bond acceptors (Lipinski definition) is 1. The van der Waals surface area contributed by atoms with Crippen LogP contribution in [0.2, 0.25) is 0 Å². The summed E-state index contributed by atoms with van der Waals surface area (Å²) in [4.78, 5) is 10.8. The molecule has 68 valence electrons. The van der Waals surface area contributed by atoms with E-state index in [1.165, 1.54) is 0 Å². The van der Waals surface area contributed by atoms with Gasteiger partial charge in [-0.3, -0.25) is 0 Å². The number of benzene rings is 1. The number of carboxylic acids is 1. The van der Waals surface area contributed by atoms with Crippen molar-refractivity contribution >= 4 is 22.3 Å². The molecular formula is C11H7NO2. The molecule has 1 aromatic carbocycles. The van der Waals surface area contributed by atoms with E-state index in [1.54, 1.807) is 12.1 Å². The van der Waals surface area contributed by atoms with E-state index in [9.17, 15) is 4.79 Å². The topological polar surface area (TPSA) is 41.7 Å². The summed E-state index contributed by atoms with van der Waals surface area (Å²) in [5.74, 6) is -0.879. The molecule has 3 nitrogen and oxygen atoms in total. The quantitative estimate of drug-likeness (QED) is 0.631. The van der Waals surface area contributed by atoms with Crippen LogP contribution < -0.4 is 0 Å². The van der Waals surface area contributed by atoms with Gasteiger partial charge in [0.05, 0.1) is 11.1 Å². The zero-order valence-electron chi connectivity index (χ0n) is 7.27. The van der Waals surface area contributed by atoms with E-state index in [-0.39, 0.29) is 0 Å². The summed E-state index contributed by atoms with van der Waals surface area (Å²) < 4.78 is 2.00. The smallest absolute Gasteiger partial charge is 0.335 e. The molecular weight excluding hydrogens is 178 g/mol. The van der Waals surface area contributed by atoms with Crippen molar-refractivity contribution in [3.63, 3.8) is 0 Å². The molecule has 2 heterocycles. The Kier molecular flexibility index (Phi) is 1.19. The number of rotatable bonds is 1. The number of carbonyl (C=O) groups is 1. The van der Waals surface area contributed by atoms with Gasteiger partial charge in [0.2, 0.25) is 0 Å². The van der Waals surface area contributed by atoms with Crippen molar-refractivity contribution in [1.82, 2.24) is 4.40 Å². The van der Waals surface area contributed by atoms with Gasteiger partial charge < -0.3 is 9.51 Å². The predicted octanol–water partition coefficient (Wildman–Crippen LogP) is 2.23. The van der Waals surface area contributed by atoms with Gasteiger partial charge in [0.15, 0.2) is 0 Å². The first-order chi connectivity index (χ1) is 6.75. The lowest BCUT2D eigenvalue weighted by molar-refractivity contribution is 0.0697. The van der Waals surface area contributed by atoms with Crippen LogP contribution in [-0.4, -0.2) is 15.5 Å². The van der Waals surface area contributed by atoms with Crippen LogP contribution in [0.5, 0.6) is 0 Å². The summed E-state index contributed by atoms with van der Waals surface area (Å²) in [6.45, 7) is 0. The second-order valence-electron chi connectivity index (χ2n) is 3.35. The molecule has 14 heavy (non-hydrogen) atoms. The molecule has 0 aliphatic rings. The molecule has 0 atom stereocenters. The Hall–Kier alpha value is -2.03.